The largest absolute Gasteiger partial charge is 0.299 e. The monoisotopic (exact) mass is 469 g/mol. The van der Waals surface area contributed by atoms with Gasteiger partial charge in [-0.25, -0.2) is 0 Å². The van der Waals surface area contributed by atoms with Gasteiger partial charge in [-0.1, -0.05) is 74.5 Å². The Morgan fingerprint density at radius 1 is 1.00 bits per heavy atom. The van der Waals surface area contributed by atoms with E-state index in [0.717, 1.165) is 6.42 Å². The highest BCUT2D eigenvalue weighted by Gasteiger charge is 2.65. The zero-order valence-corrected chi connectivity index (χ0v) is 20.6. The molecule has 2 bridgehead atoms. The predicted octanol–water partition coefficient (Wildman–Crippen LogP) is 5.14. The van der Waals surface area contributed by atoms with Crippen molar-refractivity contribution in [3.05, 3.63) is 71.8 Å². The lowest BCUT2D eigenvalue weighted by atomic mass is 9.70. The first kappa shape index (κ1) is 24.1. The van der Waals surface area contributed by atoms with Gasteiger partial charge in [0.15, 0.2) is 0 Å². The van der Waals surface area contributed by atoms with Crippen LogP contribution in [0.3, 0.4) is 0 Å². The summed E-state index contributed by atoms with van der Waals surface area (Å²) in [6, 6.07) is 22.8. The molecule has 2 aromatic carbocycles. The fourth-order valence-corrected chi connectivity index (χ4v) is 7.49. The maximum atomic E-state index is 11.9. The molecule has 5 nitrogen and oxygen atoms in total. The van der Waals surface area contributed by atoms with Gasteiger partial charge in [-0.2, -0.15) is 8.42 Å². The maximum absolute atomic E-state index is 11.9. The molecule has 1 unspecified atom stereocenters. The zero-order valence-electron chi connectivity index (χ0n) is 19.8. The molecule has 3 fully saturated rings. The number of hydrogen-bond acceptors (Lipinski definition) is 4. The van der Waals surface area contributed by atoms with Crippen LogP contribution in [0.5, 0.6) is 0 Å². The van der Waals surface area contributed by atoms with Crippen molar-refractivity contribution in [2.24, 2.45) is 16.7 Å². The van der Waals surface area contributed by atoms with Crippen LogP contribution in [-0.2, 0) is 14.9 Å². The molecule has 0 amide bonds. The van der Waals surface area contributed by atoms with Crippen molar-refractivity contribution in [1.29, 1.82) is 0 Å². The molecule has 5 rings (SSSR count). The van der Waals surface area contributed by atoms with Crippen LogP contribution in [0.25, 0.3) is 0 Å². The molecule has 1 N–H and O–H groups in total. The van der Waals surface area contributed by atoms with Gasteiger partial charge < -0.3 is 0 Å². The highest BCUT2D eigenvalue weighted by Crippen LogP contribution is 2.64. The Morgan fingerprint density at radius 3 is 1.88 bits per heavy atom. The molecule has 2 saturated carbocycles. The van der Waals surface area contributed by atoms with E-state index in [-0.39, 0.29) is 17.1 Å². The summed E-state index contributed by atoms with van der Waals surface area (Å²) >= 11 is 0. The minimum absolute atomic E-state index is 0.0152. The first-order valence-corrected chi connectivity index (χ1v) is 13.5. The molecule has 1 heterocycles. The fraction of sp³-hybridized carbons (Fsp3) is 0.519. The Bertz CT molecular complexity index is 1040. The minimum atomic E-state index is -4.08. The normalized spacial score (nSPS) is 28.3. The van der Waals surface area contributed by atoms with Gasteiger partial charge in [-0.15, -0.1) is 0 Å². The van der Waals surface area contributed by atoms with Crippen molar-refractivity contribution in [3.8, 4) is 0 Å². The number of carbonyl (C=O) groups excluding carboxylic acids is 1. The Balaban J connectivity index is 0.000000160. The van der Waals surface area contributed by atoms with Crippen molar-refractivity contribution in [3.63, 3.8) is 0 Å². The summed E-state index contributed by atoms with van der Waals surface area (Å²) in [5.41, 5.74) is 1.68. The number of Topliss-reactive ketones (excluding diaryl/α,β-unsaturated/α-hetero) is 1. The Morgan fingerprint density at radius 2 is 1.55 bits per heavy atom. The van der Waals surface area contributed by atoms with Crippen molar-refractivity contribution in [1.82, 2.24) is 4.90 Å². The van der Waals surface area contributed by atoms with Gasteiger partial charge >= 0.3 is 0 Å². The van der Waals surface area contributed by atoms with Gasteiger partial charge in [0.05, 0.1) is 17.2 Å². The lowest BCUT2D eigenvalue weighted by molar-refractivity contribution is -0.128. The van der Waals surface area contributed by atoms with E-state index in [4.69, 9.17) is 4.55 Å². The lowest BCUT2D eigenvalue weighted by Gasteiger charge is -2.45. The van der Waals surface area contributed by atoms with Gasteiger partial charge in [0.25, 0.3) is 10.1 Å². The second kappa shape index (κ2) is 8.97. The van der Waals surface area contributed by atoms with Crippen LogP contribution in [0.4, 0.5) is 0 Å². The molecule has 0 radical (unpaired) electrons. The van der Waals surface area contributed by atoms with Crippen LogP contribution >= 0.6 is 0 Å². The first-order valence-electron chi connectivity index (χ1n) is 11.9. The molecule has 2 aromatic rings. The standard InChI is InChI=1S/C17H19N.C10H16O4S/c1-14-12-13-18(14)17(15-8-4-2-5-9-15)16-10-6-3-7-11-16;1-9(2)7-3-4-10(9,8(11)5-7)6-15(12,13)14/h2-11,14,17H,12-13H2,1H3;7H,3-6H2,1-2H3,(H,12,13,14)/t;7-,10-/m.0/s1. The van der Waals surface area contributed by atoms with Gasteiger partial charge in [0.2, 0.25) is 0 Å². The molecule has 0 spiro atoms. The minimum Gasteiger partial charge on any atom is -0.299 e. The number of likely N-dealkylation sites (tertiary alicyclic amines) is 1. The number of benzene rings is 2. The molecule has 2 aliphatic carbocycles. The molecule has 33 heavy (non-hydrogen) atoms. The number of hydrogen-bond donors (Lipinski definition) is 1. The second-order valence-corrected chi connectivity index (χ2v) is 11.9. The Labute approximate surface area is 198 Å². The van der Waals surface area contributed by atoms with E-state index < -0.39 is 21.3 Å². The smallest absolute Gasteiger partial charge is 0.265 e. The molecule has 6 heteroatoms. The van der Waals surface area contributed by atoms with Crippen molar-refractivity contribution in [2.75, 3.05) is 12.3 Å². The Kier molecular flexibility index (Phi) is 6.56. The van der Waals surface area contributed by atoms with Crippen LogP contribution in [0.2, 0.25) is 0 Å². The third-order valence-electron chi connectivity index (χ3n) is 8.50. The highest BCUT2D eigenvalue weighted by molar-refractivity contribution is 7.85. The molecule has 3 aliphatic rings. The van der Waals surface area contributed by atoms with Gasteiger partial charge in [-0.3, -0.25) is 14.2 Å². The molecule has 1 aliphatic heterocycles. The van der Waals surface area contributed by atoms with E-state index in [1.54, 1.807) is 0 Å². The lowest BCUT2D eigenvalue weighted by Crippen LogP contribution is -2.47. The summed E-state index contributed by atoms with van der Waals surface area (Å²) in [5.74, 6) is -0.101. The van der Waals surface area contributed by atoms with Gasteiger partial charge in [0.1, 0.15) is 5.78 Å². The van der Waals surface area contributed by atoms with E-state index in [2.05, 4.69) is 72.5 Å². The number of carbonyl (C=O) groups is 1. The number of fused-ring (bicyclic) bond motifs is 2. The summed E-state index contributed by atoms with van der Waals surface area (Å²) in [6.07, 6.45) is 3.29. The van der Waals surface area contributed by atoms with Crippen molar-refractivity contribution < 1.29 is 17.8 Å². The van der Waals surface area contributed by atoms with E-state index >= 15 is 0 Å². The maximum Gasteiger partial charge on any atom is 0.265 e. The van der Waals surface area contributed by atoms with E-state index in [1.165, 1.54) is 24.1 Å². The van der Waals surface area contributed by atoms with E-state index in [0.29, 0.717) is 24.9 Å². The number of ketones is 1. The topological polar surface area (TPSA) is 74.7 Å². The summed E-state index contributed by atoms with van der Waals surface area (Å²) in [5, 5.41) is 0. The molecular formula is C27H35NO4S. The number of rotatable bonds is 5. The number of nitrogens with zero attached hydrogens (tertiary/aromatic N) is 1. The molecule has 0 aromatic heterocycles. The average molecular weight is 470 g/mol. The fourth-order valence-electron chi connectivity index (χ4n) is 6.19. The molecular weight excluding hydrogens is 434 g/mol. The molecule has 3 atom stereocenters. The van der Waals surface area contributed by atoms with E-state index in [1.807, 2.05) is 13.8 Å². The Hall–Kier alpha value is -2.02. The zero-order chi connectivity index (χ0) is 23.9. The third kappa shape index (κ3) is 4.53. The third-order valence-corrected chi connectivity index (χ3v) is 9.36. The van der Waals surface area contributed by atoms with Crippen LogP contribution < -0.4 is 0 Å². The van der Waals surface area contributed by atoms with Crippen LogP contribution in [0.15, 0.2) is 60.7 Å². The van der Waals surface area contributed by atoms with Gasteiger partial charge in [-0.05, 0) is 48.6 Å². The van der Waals surface area contributed by atoms with Crippen molar-refractivity contribution in [2.45, 2.75) is 58.5 Å². The second-order valence-electron chi connectivity index (χ2n) is 10.5. The molecule has 178 valence electrons. The van der Waals surface area contributed by atoms with Crippen LogP contribution in [-0.4, -0.2) is 42.0 Å². The average Bonchev–Trinajstić information content (AvgIpc) is 3.11. The summed E-state index contributed by atoms with van der Waals surface area (Å²) in [7, 11) is -4.08. The summed E-state index contributed by atoms with van der Waals surface area (Å²) in [6.45, 7) is 7.42. The van der Waals surface area contributed by atoms with E-state index in [9.17, 15) is 13.2 Å². The quantitative estimate of drug-likeness (QED) is 0.614. The van der Waals surface area contributed by atoms with Gasteiger partial charge in [0, 0.05) is 19.0 Å². The van der Waals surface area contributed by atoms with Crippen LogP contribution in [0.1, 0.15) is 63.6 Å². The van der Waals surface area contributed by atoms with Crippen LogP contribution in [0, 0.1) is 16.7 Å². The van der Waals surface area contributed by atoms with Crippen molar-refractivity contribution >= 4 is 15.9 Å². The highest BCUT2D eigenvalue weighted by atomic mass is 32.2. The first-order chi connectivity index (χ1) is 15.6. The summed E-state index contributed by atoms with van der Waals surface area (Å²) in [4.78, 5) is 14.5. The predicted molar refractivity (Wildman–Crippen MR) is 130 cm³/mol. The SMILES string of the molecule is CC1(C)[C@H]2CC[C@]1(CS(=O)(=O)O)C(=O)C2.CC1CCN1C(c1ccccc1)c1ccccc1. The molecule has 1 saturated heterocycles. The summed E-state index contributed by atoms with van der Waals surface area (Å²) < 4.78 is 31.0.